The molecule has 1 N–H and O–H groups in total. The third kappa shape index (κ3) is 5.59. The first-order chi connectivity index (χ1) is 21.0. The van der Waals surface area contributed by atoms with Crippen molar-refractivity contribution in [2.75, 3.05) is 38.2 Å². The van der Waals surface area contributed by atoms with Crippen LogP contribution in [-0.2, 0) is 14.8 Å². The second kappa shape index (κ2) is 11.4. The van der Waals surface area contributed by atoms with E-state index in [0.29, 0.717) is 60.0 Å². The van der Waals surface area contributed by atoms with Crippen molar-refractivity contribution >= 4 is 37.8 Å². The van der Waals surface area contributed by atoms with Gasteiger partial charge in [0, 0.05) is 49.5 Å². The summed E-state index contributed by atoms with van der Waals surface area (Å²) in [5, 5.41) is 12.0. The van der Waals surface area contributed by atoms with E-state index in [4.69, 9.17) is 19.4 Å². The highest BCUT2D eigenvalue weighted by Gasteiger charge is 2.29. The predicted molar refractivity (Wildman–Crippen MR) is 167 cm³/mol. The Morgan fingerprint density at radius 3 is 2.39 bits per heavy atom. The lowest BCUT2D eigenvalue weighted by molar-refractivity contribution is -0.239. The minimum absolute atomic E-state index is 0.173. The van der Waals surface area contributed by atoms with Gasteiger partial charge in [0.1, 0.15) is 11.6 Å². The second-order valence-corrected chi connectivity index (χ2v) is 13.5. The molecule has 5 heterocycles. The summed E-state index contributed by atoms with van der Waals surface area (Å²) < 4.78 is 39.7. The number of methoxy groups -OCH3 is 1. The van der Waals surface area contributed by atoms with Gasteiger partial charge in [-0.3, -0.25) is 9.88 Å². The van der Waals surface area contributed by atoms with E-state index in [1.165, 1.54) is 10.2 Å². The molecule has 4 aromatic heterocycles. The molecule has 0 spiro atoms. The van der Waals surface area contributed by atoms with Crippen LogP contribution in [0.25, 0.3) is 33.3 Å². The van der Waals surface area contributed by atoms with E-state index < -0.39 is 22.0 Å². The van der Waals surface area contributed by atoms with Crippen LogP contribution in [0.4, 0.5) is 5.82 Å². The lowest BCUT2D eigenvalue weighted by Gasteiger charge is -2.39. The van der Waals surface area contributed by atoms with Crippen LogP contribution in [0.1, 0.15) is 26.3 Å². The monoisotopic (exact) mass is 617 g/mol. The van der Waals surface area contributed by atoms with E-state index in [1.54, 1.807) is 62.1 Å². The number of hydrogen-bond donors (Lipinski definition) is 1. The van der Waals surface area contributed by atoms with Crippen molar-refractivity contribution in [1.82, 2.24) is 28.8 Å². The lowest BCUT2D eigenvalue weighted by Crippen LogP contribution is -2.52. The lowest BCUT2D eigenvalue weighted by atomic mass is 10.1. The van der Waals surface area contributed by atoms with Gasteiger partial charge in [-0.05, 0) is 52.0 Å². The van der Waals surface area contributed by atoms with Crippen LogP contribution in [0, 0.1) is 6.92 Å². The Labute approximate surface area is 256 Å². The van der Waals surface area contributed by atoms with Gasteiger partial charge in [-0.25, -0.2) is 27.3 Å². The molecule has 0 aliphatic carbocycles. The summed E-state index contributed by atoms with van der Waals surface area (Å²) in [6.45, 7) is 9.85. The molecule has 1 atom stereocenters. The smallest absolute Gasteiger partial charge is 0.269 e. The molecule has 1 aliphatic rings. The Kier molecular flexibility index (Phi) is 7.74. The number of fused-ring (bicyclic) bond motifs is 2. The van der Waals surface area contributed by atoms with E-state index in [0.717, 1.165) is 10.9 Å². The fourth-order valence-electron chi connectivity index (χ4n) is 5.31. The number of nitrogens with zero attached hydrogens (tertiary/aromatic N) is 7. The molecule has 0 radical (unpaired) electrons. The van der Waals surface area contributed by atoms with Crippen molar-refractivity contribution in [3.8, 4) is 17.1 Å². The molecular weight excluding hydrogens is 582 g/mol. The molecule has 0 saturated carbocycles. The van der Waals surface area contributed by atoms with Crippen molar-refractivity contribution < 1.29 is 23.0 Å². The number of ether oxygens (including phenoxy) is 2. The van der Waals surface area contributed by atoms with Crippen LogP contribution >= 0.6 is 0 Å². The zero-order chi connectivity index (χ0) is 31.2. The summed E-state index contributed by atoms with van der Waals surface area (Å²) in [6.07, 6.45) is 5.35. The number of pyridine rings is 2. The molecule has 6 rings (SSSR count). The number of aromatic nitrogens is 5. The maximum absolute atomic E-state index is 13.6. The molecule has 5 aromatic rings. The maximum atomic E-state index is 13.6. The van der Waals surface area contributed by atoms with Crippen LogP contribution in [0.3, 0.4) is 0 Å². The van der Waals surface area contributed by atoms with Gasteiger partial charge in [-0.2, -0.15) is 0 Å². The number of aliphatic hydroxyl groups excluding tert-OH is 1. The normalized spacial score (nSPS) is 15.6. The fraction of sp³-hybridized carbons (Fsp3) is 0.355. The van der Waals surface area contributed by atoms with Crippen LogP contribution in [0.2, 0.25) is 0 Å². The van der Waals surface area contributed by atoms with Gasteiger partial charge >= 0.3 is 0 Å². The Morgan fingerprint density at radius 1 is 0.977 bits per heavy atom. The Morgan fingerprint density at radius 2 is 1.70 bits per heavy atom. The summed E-state index contributed by atoms with van der Waals surface area (Å²) in [7, 11) is -2.31. The number of benzene rings is 1. The van der Waals surface area contributed by atoms with Gasteiger partial charge in [0.2, 0.25) is 6.41 Å². The fourth-order valence-corrected chi connectivity index (χ4v) is 6.61. The minimum Gasteiger partial charge on any atom is -0.494 e. The molecule has 230 valence electrons. The zero-order valence-electron chi connectivity index (χ0n) is 25.3. The van der Waals surface area contributed by atoms with Crippen LogP contribution in [-0.4, -0.2) is 87.6 Å². The summed E-state index contributed by atoms with van der Waals surface area (Å²) >= 11 is 0. The van der Waals surface area contributed by atoms with Crippen molar-refractivity contribution in [2.45, 2.75) is 44.6 Å². The Bertz CT molecular complexity index is 1930. The van der Waals surface area contributed by atoms with E-state index in [9.17, 15) is 13.5 Å². The third-order valence-corrected chi connectivity index (χ3v) is 9.21. The van der Waals surface area contributed by atoms with Gasteiger partial charge in [-0.15, -0.1) is 0 Å². The van der Waals surface area contributed by atoms with Gasteiger partial charge in [-0.1, -0.05) is 17.7 Å². The minimum atomic E-state index is -3.89. The summed E-state index contributed by atoms with van der Waals surface area (Å²) in [5.74, 6) is 1.60. The molecule has 0 bridgehead atoms. The van der Waals surface area contributed by atoms with Crippen molar-refractivity contribution in [3.05, 3.63) is 66.7 Å². The van der Waals surface area contributed by atoms with Gasteiger partial charge < -0.3 is 19.5 Å². The SMILES string of the molecule is COc1cncc2nc(-c3ccnc4c3ccn4S(=O)(=O)c3ccc(C)cc3)nc(N3CCN(C(O)OC(C)(C)C)CC3)c12. The topological polar surface area (TPSA) is 136 Å². The molecule has 1 aromatic carbocycles. The van der Waals surface area contributed by atoms with E-state index in [-0.39, 0.29) is 10.5 Å². The van der Waals surface area contributed by atoms with Gasteiger partial charge in [0.05, 0.1) is 40.9 Å². The molecule has 1 saturated heterocycles. The first-order valence-electron chi connectivity index (χ1n) is 14.3. The first-order valence-corrected chi connectivity index (χ1v) is 15.7. The number of aryl methyl sites for hydroxylation is 1. The standard InChI is InChI=1S/C31H35N7O5S/c1-20-6-8-21(9-7-20)44(40,41)38-13-11-23-22(10-12-33-28(23)38)27-34-24-18-32-19-25(42-5)26(24)29(35-27)36-14-16-37(17-15-36)30(39)43-31(2,3)4/h6-13,18-19,30,39H,14-17H2,1-5H3. The maximum Gasteiger partial charge on any atom is 0.269 e. The van der Waals surface area contributed by atoms with Crippen LogP contribution in [0.5, 0.6) is 5.75 Å². The molecular formula is C31H35N7O5S. The Hall–Kier alpha value is -4.17. The number of aliphatic hydroxyl groups is 1. The summed E-state index contributed by atoms with van der Waals surface area (Å²) in [5.41, 5.74) is 1.97. The third-order valence-electron chi connectivity index (χ3n) is 7.53. The van der Waals surface area contributed by atoms with E-state index in [2.05, 4.69) is 14.9 Å². The molecule has 44 heavy (non-hydrogen) atoms. The first kappa shape index (κ1) is 29.9. The average molecular weight is 618 g/mol. The van der Waals surface area contributed by atoms with Crippen molar-refractivity contribution in [1.29, 1.82) is 0 Å². The van der Waals surface area contributed by atoms with Crippen LogP contribution < -0.4 is 9.64 Å². The molecule has 13 heteroatoms. The van der Waals surface area contributed by atoms with Crippen molar-refractivity contribution in [3.63, 3.8) is 0 Å². The van der Waals surface area contributed by atoms with Gasteiger partial charge in [0.15, 0.2) is 11.5 Å². The highest BCUT2D eigenvalue weighted by molar-refractivity contribution is 7.90. The predicted octanol–water partition coefficient (Wildman–Crippen LogP) is 3.81. The van der Waals surface area contributed by atoms with E-state index >= 15 is 0 Å². The van der Waals surface area contributed by atoms with E-state index in [1.807, 2.05) is 32.6 Å². The highest BCUT2D eigenvalue weighted by atomic mass is 32.2. The van der Waals surface area contributed by atoms with Crippen LogP contribution in [0.15, 0.2) is 66.1 Å². The molecule has 0 amide bonds. The van der Waals surface area contributed by atoms with Crippen molar-refractivity contribution in [2.24, 2.45) is 0 Å². The average Bonchev–Trinajstić information content (AvgIpc) is 3.45. The highest BCUT2D eigenvalue weighted by Crippen LogP contribution is 2.36. The molecule has 1 fully saturated rings. The quantitative estimate of drug-likeness (QED) is 0.267. The summed E-state index contributed by atoms with van der Waals surface area (Å²) in [4.78, 5) is 22.8. The molecule has 12 nitrogen and oxygen atoms in total. The largest absolute Gasteiger partial charge is 0.494 e. The second-order valence-electron chi connectivity index (χ2n) is 11.7. The Balaban J connectivity index is 1.41. The van der Waals surface area contributed by atoms with Gasteiger partial charge in [0.25, 0.3) is 10.0 Å². The number of piperazine rings is 1. The summed E-state index contributed by atoms with van der Waals surface area (Å²) in [6, 6.07) is 10.2. The number of anilines is 1. The zero-order valence-corrected chi connectivity index (χ0v) is 26.1. The number of hydrogen-bond acceptors (Lipinski definition) is 11. The molecule has 1 aliphatic heterocycles. The molecule has 1 unspecified atom stereocenters. The number of rotatable bonds is 7.